The first kappa shape index (κ1) is 15.0. The number of ketones is 1. The minimum absolute atomic E-state index is 0.0846. The minimum Gasteiger partial charge on any atom is -0.392 e. The molecular weight excluding hydrogens is 248 g/mol. The maximum Gasteiger partial charge on any atom is 0.132 e. The Hall–Kier alpha value is -1.41. The number of benzene rings is 1. The Labute approximate surface area is 121 Å². The van der Waals surface area contributed by atoms with Gasteiger partial charge in [-0.1, -0.05) is 42.5 Å². The van der Waals surface area contributed by atoms with E-state index in [1.54, 1.807) is 6.92 Å². The number of Topliss-reactive ketones (excluding diaryl/α,β-unsaturated/α-hetero) is 1. The summed E-state index contributed by atoms with van der Waals surface area (Å²) in [5.41, 5.74) is 2.36. The van der Waals surface area contributed by atoms with Crippen molar-refractivity contribution >= 4 is 5.78 Å². The second-order valence-corrected chi connectivity index (χ2v) is 5.94. The van der Waals surface area contributed by atoms with Crippen LogP contribution in [-0.2, 0) is 11.2 Å². The Bertz CT molecular complexity index is 464. The number of carbonyl (C=O) groups excluding carboxylic acids is 1. The third-order valence-electron chi connectivity index (χ3n) is 4.49. The SMILES string of the molecule is C=C1CC[C@H](C(C)=O)C[C@H]1[C@H](O)CCc1ccccc1. The Morgan fingerprint density at radius 1 is 1.40 bits per heavy atom. The number of aliphatic hydroxyl groups is 1. The monoisotopic (exact) mass is 272 g/mol. The van der Waals surface area contributed by atoms with Gasteiger partial charge in [0.05, 0.1) is 6.10 Å². The fourth-order valence-corrected chi connectivity index (χ4v) is 3.09. The number of aliphatic hydroxyl groups excluding tert-OH is 1. The molecule has 0 radical (unpaired) electrons. The summed E-state index contributed by atoms with van der Waals surface area (Å²) in [4.78, 5) is 11.5. The molecule has 1 aliphatic carbocycles. The number of aryl methyl sites for hydroxylation is 1. The lowest BCUT2D eigenvalue weighted by atomic mass is 9.74. The van der Waals surface area contributed by atoms with E-state index in [9.17, 15) is 9.90 Å². The zero-order chi connectivity index (χ0) is 14.5. The molecule has 0 saturated heterocycles. The van der Waals surface area contributed by atoms with Gasteiger partial charge in [0.1, 0.15) is 5.78 Å². The third-order valence-corrected chi connectivity index (χ3v) is 4.49. The first-order chi connectivity index (χ1) is 9.58. The Kier molecular flexibility index (Phi) is 5.13. The van der Waals surface area contributed by atoms with Gasteiger partial charge in [0, 0.05) is 11.8 Å². The zero-order valence-corrected chi connectivity index (χ0v) is 12.2. The topological polar surface area (TPSA) is 37.3 Å². The lowest BCUT2D eigenvalue weighted by Crippen LogP contribution is -2.31. The lowest BCUT2D eigenvalue weighted by molar-refractivity contribution is -0.122. The van der Waals surface area contributed by atoms with E-state index < -0.39 is 0 Å². The first-order valence-corrected chi connectivity index (χ1v) is 7.48. The highest BCUT2D eigenvalue weighted by molar-refractivity contribution is 5.78. The van der Waals surface area contributed by atoms with Crippen molar-refractivity contribution in [3.63, 3.8) is 0 Å². The average molecular weight is 272 g/mol. The van der Waals surface area contributed by atoms with Crippen molar-refractivity contribution in [2.75, 3.05) is 0 Å². The van der Waals surface area contributed by atoms with Crippen LogP contribution in [0.25, 0.3) is 0 Å². The van der Waals surface area contributed by atoms with Gasteiger partial charge in [-0.2, -0.15) is 0 Å². The van der Waals surface area contributed by atoms with Gasteiger partial charge in [-0.15, -0.1) is 0 Å². The molecule has 1 fully saturated rings. The van der Waals surface area contributed by atoms with E-state index in [4.69, 9.17) is 0 Å². The van der Waals surface area contributed by atoms with Gasteiger partial charge in [-0.25, -0.2) is 0 Å². The van der Waals surface area contributed by atoms with E-state index in [1.165, 1.54) is 5.56 Å². The molecule has 0 heterocycles. The Morgan fingerprint density at radius 2 is 2.10 bits per heavy atom. The molecule has 2 heteroatoms. The molecule has 0 spiro atoms. The van der Waals surface area contributed by atoms with Crippen molar-refractivity contribution in [1.82, 2.24) is 0 Å². The summed E-state index contributed by atoms with van der Waals surface area (Å²) >= 11 is 0. The van der Waals surface area contributed by atoms with Crippen LogP contribution in [0.1, 0.15) is 38.2 Å². The van der Waals surface area contributed by atoms with Crippen LogP contribution in [0.15, 0.2) is 42.5 Å². The minimum atomic E-state index is -0.384. The molecule has 2 rings (SSSR count). The molecule has 20 heavy (non-hydrogen) atoms. The van der Waals surface area contributed by atoms with Gasteiger partial charge < -0.3 is 5.11 Å². The number of hydrogen-bond donors (Lipinski definition) is 1. The Morgan fingerprint density at radius 3 is 2.75 bits per heavy atom. The van der Waals surface area contributed by atoms with E-state index in [1.807, 2.05) is 18.2 Å². The van der Waals surface area contributed by atoms with Crippen molar-refractivity contribution in [2.24, 2.45) is 11.8 Å². The molecule has 1 saturated carbocycles. The van der Waals surface area contributed by atoms with E-state index in [0.717, 1.165) is 37.7 Å². The summed E-state index contributed by atoms with van der Waals surface area (Å²) in [6.07, 6.45) is 3.76. The summed E-state index contributed by atoms with van der Waals surface area (Å²) in [6.45, 7) is 5.75. The Balaban J connectivity index is 1.91. The molecule has 0 unspecified atom stereocenters. The molecule has 1 aromatic carbocycles. The standard InChI is InChI=1S/C18H24O2/c1-13-8-10-16(14(2)19)12-17(13)18(20)11-9-15-6-4-3-5-7-15/h3-7,16-18,20H,1,8-12H2,2H3/t16-,17+,18+/m0/s1. The molecule has 0 aromatic heterocycles. The predicted octanol–water partition coefficient (Wildman–Crippen LogP) is 3.54. The van der Waals surface area contributed by atoms with Crippen LogP contribution >= 0.6 is 0 Å². The van der Waals surface area contributed by atoms with Crippen LogP contribution in [-0.4, -0.2) is 17.0 Å². The van der Waals surface area contributed by atoms with Gasteiger partial charge in [0.15, 0.2) is 0 Å². The highest BCUT2D eigenvalue weighted by Gasteiger charge is 2.31. The van der Waals surface area contributed by atoms with Crippen molar-refractivity contribution in [1.29, 1.82) is 0 Å². The second-order valence-electron chi connectivity index (χ2n) is 5.94. The largest absolute Gasteiger partial charge is 0.392 e. The van der Waals surface area contributed by atoms with E-state index in [0.29, 0.717) is 0 Å². The van der Waals surface area contributed by atoms with Crippen LogP contribution in [0.3, 0.4) is 0 Å². The summed E-state index contributed by atoms with van der Waals surface area (Å²) in [5, 5.41) is 10.4. The third kappa shape index (κ3) is 3.80. The molecule has 1 N–H and O–H groups in total. The molecule has 1 aliphatic rings. The first-order valence-electron chi connectivity index (χ1n) is 7.48. The van der Waals surface area contributed by atoms with E-state index in [-0.39, 0.29) is 23.7 Å². The maximum absolute atomic E-state index is 11.5. The molecule has 0 aliphatic heterocycles. The van der Waals surface area contributed by atoms with Gasteiger partial charge in [-0.3, -0.25) is 4.79 Å². The summed E-state index contributed by atoms with van der Waals surface area (Å²) in [6, 6.07) is 10.2. The fourth-order valence-electron chi connectivity index (χ4n) is 3.09. The summed E-state index contributed by atoms with van der Waals surface area (Å²) in [5.74, 6) is 0.441. The summed E-state index contributed by atoms with van der Waals surface area (Å²) in [7, 11) is 0. The van der Waals surface area contributed by atoms with Crippen LogP contribution in [0, 0.1) is 11.8 Å². The van der Waals surface area contributed by atoms with Gasteiger partial charge in [-0.05, 0) is 44.6 Å². The second kappa shape index (κ2) is 6.85. The zero-order valence-electron chi connectivity index (χ0n) is 12.2. The van der Waals surface area contributed by atoms with Gasteiger partial charge in [0.25, 0.3) is 0 Å². The van der Waals surface area contributed by atoms with Crippen molar-refractivity contribution < 1.29 is 9.90 Å². The predicted molar refractivity (Wildman–Crippen MR) is 81.4 cm³/mol. The van der Waals surface area contributed by atoms with Crippen LogP contribution in [0.4, 0.5) is 0 Å². The van der Waals surface area contributed by atoms with Crippen LogP contribution < -0.4 is 0 Å². The van der Waals surface area contributed by atoms with Gasteiger partial charge in [0.2, 0.25) is 0 Å². The molecule has 0 bridgehead atoms. The average Bonchev–Trinajstić information content (AvgIpc) is 2.46. The molecule has 2 nitrogen and oxygen atoms in total. The smallest absolute Gasteiger partial charge is 0.132 e. The maximum atomic E-state index is 11.5. The van der Waals surface area contributed by atoms with E-state index in [2.05, 4.69) is 18.7 Å². The molecular formula is C18H24O2. The van der Waals surface area contributed by atoms with E-state index >= 15 is 0 Å². The highest BCUT2D eigenvalue weighted by Crippen LogP contribution is 2.36. The van der Waals surface area contributed by atoms with Crippen molar-refractivity contribution in [2.45, 2.75) is 45.1 Å². The number of rotatable bonds is 5. The fraction of sp³-hybridized carbons (Fsp3) is 0.500. The molecule has 1 aromatic rings. The normalized spacial score (nSPS) is 24.4. The number of carbonyl (C=O) groups is 1. The van der Waals surface area contributed by atoms with Crippen molar-refractivity contribution in [3.05, 3.63) is 48.0 Å². The molecule has 108 valence electrons. The summed E-state index contributed by atoms with van der Waals surface area (Å²) < 4.78 is 0. The number of hydrogen-bond acceptors (Lipinski definition) is 2. The molecule has 3 atom stereocenters. The van der Waals surface area contributed by atoms with Crippen LogP contribution in [0.5, 0.6) is 0 Å². The quantitative estimate of drug-likeness (QED) is 0.832. The lowest BCUT2D eigenvalue weighted by Gasteiger charge is -2.33. The van der Waals surface area contributed by atoms with Crippen molar-refractivity contribution in [3.8, 4) is 0 Å². The highest BCUT2D eigenvalue weighted by atomic mass is 16.3. The van der Waals surface area contributed by atoms with Crippen LogP contribution in [0.2, 0.25) is 0 Å². The van der Waals surface area contributed by atoms with Gasteiger partial charge >= 0.3 is 0 Å². The molecule has 0 amide bonds.